The van der Waals surface area contributed by atoms with E-state index in [-0.39, 0.29) is 12.0 Å². The number of ether oxygens (including phenoxy) is 1. The zero-order chi connectivity index (χ0) is 16.1. The number of carbonyl (C=O) groups is 1. The first-order valence-electron chi connectivity index (χ1n) is 7.39. The van der Waals surface area contributed by atoms with Crippen molar-refractivity contribution in [3.63, 3.8) is 0 Å². The molecule has 1 fully saturated rings. The van der Waals surface area contributed by atoms with Gasteiger partial charge in [0, 0.05) is 6.04 Å². The van der Waals surface area contributed by atoms with E-state index in [1.54, 1.807) is 20.9 Å². The normalized spacial score (nSPS) is 18.6. The molecule has 0 aromatic carbocycles. The van der Waals surface area contributed by atoms with E-state index in [9.17, 15) is 18.0 Å². The lowest BCUT2D eigenvalue weighted by atomic mass is 9.96. The first kappa shape index (κ1) is 18.2. The van der Waals surface area contributed by atoms with Gasteiger partial charge in [0.05, 0.1) is 13.2 Å². The highest BCUT2D eigenvalue weighted by atomic mass is 19.4. The Bertz CT molecular complexity index is 346. The maximum Gasteiger partial charge on any atom is 0.401 e. The lowest BCUT2D eigenvalue weighted by Gasteiger charge is -2.29. The van der Waals surface area contributed by atoms with Crippen molar-refractivity contribution in [3.8, 4) is 0 Å². The van der Waals surface area contributed by atoms with Crippen LogP contribution in [0.15, 0.2) is 0 Å². The molecular formula is C14H25F3N2O2. The number of nitrogens with one attached hydrogen (secondary N) is 1. The number of carbonyl (C=O) groups excluding carboxylic acids is 1. The van der Waals surface area contributed by atoms with E-state index >= 15 is 0 Å². The molecule has 0 spiro atoms. The largest absolute Gasteiger partial charge is 0.465 e. The summed E-state index contributed by atoms with van der Waals surface area (Å²) in [5.41, 5.74) is -0.844. The van der Waals surface area contributed by atoms with E-state index in [1.807, 2.05) is 0 Å². The number of hydrogen-bond acceptors (Lipinski definition) is 4. The fourth-order valence-corrected chi connectivity index (χ4v) is 2.32. The monoisotopic (exact) mass is 310 g/mol. The highest BCUT2D eigenvalue weighted by Crippen LogP contribution is 2.30. The van der Waals surface area contributed by atoms with Crippen molar-refractivity contribution >= 4 is 5.97 Å². The van der Waals surface area contributed by atoms with Crippen molar-refractivity contribution in [2.45, 2.75) is 57.3 Å². The Hall–Kier alpha value is -0.820. The van der Waals surface area contributed by atoms with Gasteiger partial charge in [0.15, 0.2) is 0 Å². The van der Waals surface area contributed by atoms with Crippen molar-refractivity contribution < 1.29 is 22.7 Å². The number of halogens is 3. The van der Waals surface area contributed by atoms with Gasteiger partial charge in [-0.15, -0.1) is 0 Å². The van der Waals surface area contributed by atoms with E-state index in [1.165, 1.54) is 4.90 Å². The number of rotatable bonds is 9. The van der Waals surface area contributed by atoms with Crippen molar-refractivity contribution in [1.82, 2.24) is 10.2 Å². The molecule has 124 valence electrons. The van der Waals surface area contributed by atoms with Crippen LogP contribution in [-0.4, -0.2) is 55.4 Å². The summed E-state index contributed by atoms with van der Waals surface area (Å²) in [5, 5.41) is 2.91. The summed E-state index contributed by atoms with van der Waals surface area (Å²) in [4.78, 5) is 13.3. The molecule has 21 heavy (non-hydrogen) atoms. The number of likely N-dealkylation sites (N-methyl/N-ethyl adjacent to an activating group) is 1. The van der Waals surface area contributed by atoms with E-state index < -0.39 is 18.3 Å². The number of esters is 1. The third kappa shape index (κ3) is 6.22. The molecule has 1 unspecified atom stereocenters. The Balaban J connectivity index is 2.46. The SMILES string of the molecule is CCOC(=O)C(C)(CCCN(CC(F)(F)F)C1CC1)NC. The Labute approximate surface area is 124 Å². The first-order chi connectivity index (χ1) is 9.72. The van der Waals surface area contributed by atoms with Crippen LogP contribution in [0, 0.1) is 0 Å². The van der Waals surface area contributed by atoms with Crippen LogP contribution in [0.3, 0.4) is 0 Å². The van der Waals surface area contributed by atoms with E-state index in [2.05, 4.69) is 5.32 Å². The van der Waals surface area contributed by atoms with E-state index in [0.29, 0.717) is 26.0 Å². The molecule has 0 aliphatic heterocycles. The Morgan fingerprint density at radius 1 is 1.38 bits per heavy atom. The summed E-state index contributed by atoms with van der Waals surface area (Å²) in [7, 11) is 1.66. The van der Waals surface area contributed by atoms with Crippen LogP contribution in [0.25, 0.3) is 0 Å². The van der Waals surface area contributed by atoms with E-state index in [4.69, 9.17) is 4.74 Å². The van der Waals surface area contributed by atoms with Crippen LogP contribution in [0.2, 0.25) is 0 Å². The quantitative estimate of drug-likeness (QED) is 0.664. The molecule has 0 aromatic rings. The standard InChI is InChI=1S/C14H25F3N2O2/c1-4-21-12(20)13(2,18-3)8-5-9-19(11-6-7-11)10-14(15,16)17/h11,18H,4-10H2,1-3H3. The third-order valence-corrected chi connectivity index (χ3v) is 3.85. The summed E-state index contributed by atoms with van der Waals surface area (Å²) in [6.45, 7) is 3.22. The number of nitrogens with zero attached hydrogens (tertiary/aromatic N) is 1. The van der Waals surface area contributed by atoms with Gasteiger partial charge in [-0.25, -0.2) is 0 Å². The van der Waals surface area contributed by atoms with Gasteiger partial charge in [-0.1, -0.05) is 0 Å². The maximum atomic E-state index is 12.5. The lowest BCUT2D eigenvalue weighted by molar-refractivity contribution is -0.152. The third-order valence-electron chi connectivity index (χ3n) is 3.85. The zero-order valence-corrected chi connectivity index (χ0v) is 12.9. The Kier molecular flexibility index (Phi) is 6.46. The van der Waals surface area contributed by atoms with Gasteiger partial charge in [0.2, 0.25) is 0 Å². The van der Waals surface area contributed by atoms with Gasteiger partial charge in [-0.2, -0.15) is 13.2 Å². The van der Waals surface area contributed by atoms with Gasteiger partial charge < -0.3 is 10.1 Å². The second-order valence-corrected chi connectivity index (χ2v) is 5.72. The lowest BCUT2D eigenvalue weighted by Crippen LogP contribution is -2.49. The van der Waals surface area contributed by atoms with E-state index in [0.717, 1.165) is 12.8 Å². The predicted molar refractivity (Wildman–Crippen MR) is 74.0 cm³/mol. The smallest absolute Gasteiger partial charge is 0.401 e. The molecule has 1 rings (SSSR count). The van der Waals surface area contributed by atoms with Gasteiger partial charge in [-0.05, 0) is 53.1 Å². The molecule has 1 aliphatic carbocycles. The summed E-state index contributed by atoms with van der Waals surface area (Å²) < 4.78 is 42.6. The van der Waals surface area contributed by atoms with Crippen LogP contribution >= 0.6 is 0 Å². The topological polar surface area (TPSA) is 41.6 Å². The summed E-state index contributed by atoms with van der Waals surface area (Å²) >= 11 is 0. The number of alkyl halides is 3. The zero-order valence-electron chi connectivity index (χ0n) is 12.9. The molecule has 0 amide bonds. The Morgan fingerprint density at radius 2 is 2.00 bits per heavy atom. The van der Waals surface area contributed by atoms with Gasteiger partial charge >= 0.3 is 12.1 Å². The molecule has 7 heteroatoms. The molecule has 0 heterocycles. The predicted octanol–water partition coefficient (Wildman–Crippen LogP) is 2.33. The molecular weight excluding hydrogens is 285 g/mol. The summed E-state index contributed by atoms with van der Waals surface area (Å²) in [5.74, 6) is -0.360. The summed E-state index contributed by atoms with van der Waals surface area (Å²) in [6, 6.07) is 0.0510. The molecule has 0 saturated heterocycles. The first-order valence-corrected chi connectivity index (χ1v) is 7.39. The van der Waals surface area contributed by atoms with Crippen LogP contribution in [-0.2, 0) is 9.53 Å². The molecule has 1 saturated carbocycles. The highest BCUT2D eigenvalue weighted by molar-refractivity contribution is 5.80. The summed E-state index contributed by atoms with van der Waals surface area (Å²) in [6.07, 6.45) is -1.54. The fourth-order valence-electron chi connectivity index (χ4n) is 2.32. The van der Waals surface area contributed by atoms with Crippen LogP contribution < -0.4 is 5.32 Å². The minimum Gasteiger partial charge on any atom is -0.465 e. The molecule has 0 aromatic heterocycles. The van der Waals surface area contributed by atoms with Crippen LogP contribution in [0.4, 0.5) is 13.2 Å². The molecule has 1 N–H and O–H groups in total. The molecule has 4 nitrogen and oxygen atoms in total. The molecule has 0 radical (unpaired) electrons. The van der Waals surface area contributed by atoms with Gasteiger partial charge in [0.1, 0.15) is 5.54 Å². The second kappa shape index (κ2) is 7.45. The average molecular weight is 310 g/mol. The number of hydrogen-bond donors (Lipinski definition) is 1. The minimum absolute atomic E-state index is 0.0510. The molecule has 1 aliphatic rings. The van der Waals surface area contributed by atoms with Crippen molar-refractivity contribution in [1.29, 1.82) is 0 Å². The van der Waals surface area contributed by atoms with Crippen molar-refractivity contribution in [2.24, 2.45) is 0 Å². The molecule has 0 bridgehead atoms. The van der Waals surface area contributed by atoms with Crippen molar-refractivity contribution in [2.75, 3.05) is 26.7 Å². The van der Waals surface area contributed by atoms with Crippen LogP contribution in [0.5, 0.6) is 0 Å². The minimum atomic E-state index is -4.17. The maximum absolute atomic E-state index is 12.5. The molecule has 1 atom stereocenters. The second-order valence-electron chi connectivity index (χ2n) is 5.72. The fraction of sp³-hybridized carbons (Fsp3) is 0.929. The van der Waals surface area contributed by atoms with Gasteiger partial charge in [-0.3, -0.25) is 9.69 Å². The van der Waals surface area contributed by atoms with Gasteiger partial charge in [0.25, 0.3) is 0 Å². The Morgan fingerprint density at radius 3 is 2.43 bits per heavy atom. The van der Waals surface area contributed by atoms with Crippen LogP contribution in [0.1, 0.15) is 39.5 Å². The van der Waals surface area contributed by atoms with Crippen molar-refractivity contribution in [3.05, 3.63) is 0 Å². The highest BCUT2D eigenvalue weighted by Gasteiger charge is 2.38. The average Bonchev–Trinajstić information content (AvgIpc) is 3.20.